The van der Waals surface area contributed by atoms with Crippen molar-refractivity contribution in [2.45, 2.75) is 46.1 Å². The van der Waals surface area contributed by atoms with Crippen LogP contribution in [0.2, 0.25) is 0 Å². The molecule has 3 nitrogen and oxygen atoms in total. The molecule has 2 N–H and O–H groups in total. The minimum Gasteiger partial charge on any atom is -0.357 e. The number of guanidine groups is 1. The molecule has 1 aromatic rings. The van der Waals surface area contributed by atoms with Gasteiger partial charge in [-0.2, -0.15) is 11.3 Å². The molecule has 1 aromatic heterocycles. The summed E-state index contributed by atoms with van der Waals surface area (Å²) in [7, 11) is 0. The van der Waals surface area contributed by atoms with Gasteiger partial charge < -0.3 is 10.6 Å². The summed E-state index contributed by atoms with van der Waals surface area (Å²) in [4.78, 5) is 4.66. The van der Waals surface area contributed by atoms with Crippen LogP contribution >= 0.6 is 11.3 Å². The number of thiophene rings is 1. The highest BCUT2D eigenvalue weighted by molar-refractivity contribution is 7.07. The molecule has 0 aromatic carbocycles. The molecule has 0 spiro atoms. The minimum absolute atomic E-state index is 0.458. The van der Waals surface area contributed by atoms with Crippen molar-refractivity contribution in [2.24, 2.45) is 4.99 Å². The first-order valence-electron chi connectivity index (χ1n) is 6.74. The molecule has 0 radical (unpaired) electrons. The Hall–Kier alpha value is -1.03. The zero-order valence-corrected chi connectivity index (χ0v) is 12.7. The highest BCUT2D eigenvalue weighted by atomic mass is 32.1. The van der Waals surface area contributed by atoms with Crippen molar-refractivity contribution in [1.29, 1.82) is 0 Å². The van der Waals surface area contributed by atoms with Crippen LogP contribution < -0.4 is 10.6 Å². The van der Waals surface area contributed by atoms with Gasteiger partial charge in [0.25, 0.3) is 0 Å². The third kappa shape index (κ3) is 5.08. The van der Waals surface area contributed by atoms with E-state index >= 15 is 0 Å². The maximum absolute atomic E-state index is 4.66. The number of hydrogen-bond acceptors (Lipinski definition) is 2. The standard InChI is InChI=1S/C14H25N3S/c1-5-12(4)17-14(15-6-2)16-9-11(3)13-7-8-18-10-13/h7-8,10-12H,5-6,9H2,1-4H3,(H2,15,16,17). The van der Waals surface area contributed by atoms with Gasteiger partial charge in [0.05, 0.1) is 0 Å². The molecule has 1 rings (SSSR count). The summed E-state index contributed by atoms with van der Waals surface area (Å²) in [5.74, 6) is 1.40. The lowest BCUT2D eigenvalue weighted by atomic mass is 10.1. The van der Waals surface area contributed by atoms with E-state index in [1.54, 1.807) is 11.3 Å². The Morgan fingerprint density at radius 1 is 1.39 bits per heavy atom. The maximum atomic E-state index is 4.66. The summed E-state index contributed by atoms with van der Waals surface area (Å²) in [6.07, 6.45) is 1.10. The first-order valence-corrected chi connectivity index (χ1v) is 7.68. The van der Waals surface area contributed by atoms with Gasteiger partial charge >= 0.3 is 0 Å². The normalized spacial score (nSPS) is 15.2. The monoisotopic (exact) mass is 267 g/mol. The molecule has 0 bridgehead atoms. The Labute approximate surface area is 115 Å². The summed E-state index contributed by atoms with van der Waals surface area (Å²) in [5, 5.41) is 11.0. The zero-order valence-electron chi connectivity index (χ0n) is 11.9. The van der Waals surface area contributed by atoms with E-state index in [0.29, 0.717) is 12.0 Å². The van der Waals surface area contributed by atoms with Gasteiger partial charge in [0.1, 0.15) is 0 Å². The average Bonchev–Trinajstić information content (AvgIpc) is 2.89. The van der Waals surface area contributed by atoms with Gasteiger partial charge in [-0.15, -0.1) is 0 Å². The third-order valence-corrected chi connectivity index (χ3v) is 3.68. The Morgan fingerprint density at radius 3 is 2.72 bits per heavy atom. The van der Waals surface area contributed by atoms with Crippen LogP contribution in [-0.4, -0.2) is 25.1 Å². The Bertz CT molecular complexity index is 346. The van der Waals surface area contributed by atoms with Crippen LogP contribution in [0.4, 0.5) is 0 Å². The highest BCUT2D eigenvalue weighted by Gasteiger charge is 2.07. The summed E-state index contributed by atoms with van der Waals surface area (Å²) < 4.78 is 0. The van der Waals surface area contributed by atoms with Crippen molar-refractivity contribution in [2.75, 3.05) is 13.1 Å². The van der Waals surface area contributed by atoms with Crippen LogP contribution in [0.1, 0.15) is 45.6 Å². The SMILES string of the molecule is CCNC(=NCC(C)c1ccsc1)NC(C)CC. The predicted octanol–water partition coefficient (Wildman–Crippen LogP) is 3.21. The summed E-state index contributed by atoms with van der Waals surface area (Å²) in [5.41, 5.74) is 1.38. The van der Waals surface area contributed by atoms with E-state index in [0.717, 1.165) is 25.5 Å². The molecule has 1 heterocycles. The van der Waals surface area contributed by atoms with E-state index in [-0.39, 0.29) is 0 Å². The topological polar surface area (TPSA) is 36.4 Å². The van der Waals surface area contributed by atoms with E-state index in [4.69, 9.17) is 0 Å². The molecule has 0 aliphatic heterocycles. The van der Waals surface area contributed by atoms with Crippen molar-refractivity contribution in [1.82, 2.24) is 10.6 Å². The van der Waals surface area contributed by atoms with Crippen molar-refractivity contribution in [3.63, 3.8) is 0 Å². The quantitative estimate of drug-likeness (QED) is 0.613. The summed E-state index contributed by atoms with van der Waals surface area (Å²) in [6, 6.07) is 2.64. The van der Waals surface area contributed by atoms with E-state index in [1.165, 1.54) is 5.56 Å². The first-order chi connectivity index (χ1) is 8.67. The minimum atomic E-state index is 0.458. The van der Waals surface area contributed by atoms with Crippen molar-refractivity contribution in [3.05, 3.63) is 22.4 Å². The molecular weight excluding hydrogens is 242 g/mol. The fraction of sp³-hybridized carbons (Fsp3) is 0.643. The second-order valence-electron chi connectivity index (χ2n) is 4.63. The lowest BCUT2D eigenvalue weighted by Crippen LogP contribution is -2.42. The molecule has 0 saturated heterocycles. The van der Waals surface area contributed by atoms with Gasteiger partial charge in [-0.25, -0.2) is 0 Å². The molecular formula is C14H25N3S. The largest absolute Gasteiger partial charge is 0.357 e. The smallest absolute Gasteiger partial charge is 0.191 e. The maximum Gasteiger partial charge on any atom is 0.191 e. The number of aliphatic imine (C=N–C) groups is 1. The van der Waals surface area contributed by atoms with Gasteiger partial charge in [-0.3, -0.25) is 4.99 Å². The molecule has 18 heavy (non-hydrogen) atoms. The molecule has 0 fully saturated rings. The molecule has 0 saturated carbocycles. The van der Waals surface area contributed by atoms with Crippen molar-refractivity contribution in [3.8, 4) is 0 Å². The fourth-order valence-electron chi connectivity index (χ4n) is 1.54. The van der Waals surface area contributed by atoms with Crippen LogP contribution in [0.15, 0.2) is 21.8 Å². The van der Waals surface area contributed by atoms with Crippen molar-refractivity contribution < 1.29 is 0 Å². The average molecular weight is 267 g/mol. The predicted molar refractivity (Wildman–Crippen MR) is 81.6 cm³/mol. The lowest BCUT2D eigenvalue weighted by molar-refractivity contribution is 0.622. The molecule has 2 unspecified atom stereocenters. The van der Waals surface area contributed by atoms with Crippen LogP contribution in [-0.2, 0) is 0 Å². The van der Waals surface area contributed by atoms with Crippen LogP contribution in [0.5, 0.6) is 0 Å². The van der Waals surface area contributed by atoms with Crippen LogP contribution in [0.3, 0.4) is 0 Å². The highest BCUT2D eigenvalue weighted by Crippen LogP contribution is 2.18. The van der Waals surface area contributed by atoms with Crippen molar-refractivity contribution >= 4 is 17.3 Å². The number of nitrogens with one attached hydrogen (secondary N) is 2. The van der Waals surface area contributed by atoms with Gasteiger partial charge in [0.15, 0.2) is 5.96 Å². The molecule has 0 amide bonds. The van der Waals surface area contributed by atoms with Gasteiger partial charge in [0, 0.05) is 25.0 Å². The van der Waals surface area contributed by atoms with E-state index in [2.05, 4.69) is 60.1 Å². The van der Waals surface area contributed by atoms with Gasteiger partial charge in [0.2, 0.25) is 0 Å². The third-order valence-electron chi connectivity index (χ3n) is 2.98. The van der Waals surface area contributed by atoms with Crippen LogP contribution in [0, 0.1) is 0 Å². The van der Waals surface area contributed by atoms with E-state index in [1.807, 2.05) is 0 Å². The molecule has 4 heteroatoms. The number of rotatable bonds is 6. The van der Waals surface area contributed by atoms with Gasteiger partial charge in [-0.1, -0.05) is 13.8 Å². The Balaban J connectivity index is 2.54. The first kappa shape index (κ1) is 15.0. The van der Waals surface area contributed by atoms with Gasteiger partial charge in [-0.05, 0) is 42.7 Å². The second kappa shape index (κ2) is 8.14. The lowest BCUT2D eigenvalue weighted by Gasteiger charge is -2.17. The molecule has 102 valence electrons. The van der Waals surface area contributed by atoms with E-state index < -0.39 is 0 Å². The van der Waals surface area contributed by atoms with E-state index in [9.17, 15) is 0 Å². The fourth-order valence-corrected chi connectivity index (χ4v) is 2.33. The second-order valence-corrected chi connectivity index (χ2v) is 5.41. The number of hydrogen-bond donors (Lipinski definition) is 2. The number of nitrogens with zero attached hydrogens (tertiary/aromatic N) is 1. The zero-order chi connectivity index (χ0) is 13.4. The molecule has 2 atom stereocenters. The Kier molecular flexibility index (Phi) is 6.80. The van der Waals surface area contributed by atoms with Crippen LogP contribution in [0.25, 0.3) is 0 Å². The Morgan fingerprint density at radius 2 is 2.17 bits per heavy atom. The molecule has 0 aliphatic rings. The molecule has 0 aliphatic carbocycles. The summed E-state index contributed by atoms with van der Waals surface area (Å²) >= 11 is 1.75. The summed E-state index contributed by atoms with van der Waals surface area (Å²) in [6.45, 7) is 10.4.